The topological polar surface area (TPSA) is 35.8 Å². The van der Waals surface area contributed by atoms with Gasteiger partial charge >= 0.3 is 0 Å². The zero-order chi connectivity index (χ0) is 17.3. The van der Waals surface area contributed by atoms with Gasteiger partial charge in [-0.15, -0.1) is 0 Å². The average Bonchev–Trinajstić information content (AvgIpc) is 2.93. The van der Waals surface area contributed by atoms with Crippen LogP contribution < -0.4 is 0 Å². The minimum Gasteiger partial charge on any atom is -0.389 e. The molecular weight excluding hydrogens is 340 g/mol. The minimum absolute atomic E-state index is 0.127. The summed E-state index contributed by atoms with van der Waals surface area (Å²) in [6.07, 6.45) is 3.72. The van der Waals surface area contributed by atoms with E-state index in [1.165, 1.54) is 11.1 Å². The predicted octanol–water partition coefficient (Wildman–Crippen LogP) is 4.91. The zero-order valence-corrected chi connectivity index (χ0v) is 15.6. The number of benzene rings is 1. The van der Waals surface area contributed by atoms with E-state index < -0.39 is 5.60 Å². The van der Waals surface area contributed by atoms with Crippen molar-refractivity contribution < 1.29 is 5.11 Å². The number of β-amino-alcohol motifs (C(OH)–C–C–N with tert-alkyl or cyclic N) is 1. The maximum Gasteiger partial charge on any atom is 0.148 e. The van der Waals surface area contributed by atoms with Crippen molar-refractivity contribution >= 4 is 34.8 Å². The van der Waals surface area contributed by atoms with E-state index in [2.05, 4.69) is 27.6 Å². The molecule has 0 bridgehead atoms. The van der Waals surface area contributed by atoms with Gasteiger partial charge in [0.25, 0.3) is 0 Å². The standard InChI is InChI=1S/C19H21ClN2OS/c1-13-10-24-11-16(13)18-21-9-8-17(22(18)12-19(2,3)23)14-4-6-15(20)7-5-14/h4-11,18,23H,12H2,1-3H3. The molecule has 1 aromatic heterocycles. The second kappa shape index (κ2) is 6.71. The van der Waals surface area contributed by atoms with E-state index in [4.69, 9.17) is 11.6 Å². The molecule has 0 spiro atoms. The molecule has 0 amide bonds. The monoisotopic (exact) mass is 360 g/mol. The zero-order valence-electron chi connectivity index (χ0n) is 14.0. The van der Waals surface area contributed by atoms with Crippen molar-refractivity contribution in [3.63, 3.8) is 0 Å². The molecule has 1 N–H and O–H groups in total. The first-order valence-electron chi connectivity index (χ1n) is 7.86. The molecular formula is C19H21ClN2OS. The third kappa shape index (κ3) is 3.72. The number of allylic oxidation sites excluding steroid dienone is 1. The highest BCUT2D eigenvalue weighted by atomic mass is 35.5. The molecule has 1 aromatic carbocycles. The Bertz CT molecular complexity index is 771. The van der Waals surface area contributed by atoms with Crippen molar-refractivity contribution in [3.8, 4) is 0 Å². The van der Waals surface area contributed by atoms with Gasteiger partial charge < -0.3 is 10.0 Å². The summed E-state index contributed by atoms with van der Waals surface area (Å²) in [5.41, 5.74) is 3.67. The van der Waals surface area contributed by atoms with E-state index in [1.54, 1.807) is 11.3 Å². The lowest BCUT2D eigenvalue weighted by Crippen LogP contribution is -2.40. The highest BCUT2D eigenvalue weighted by Crippen LogP contribution is 2.37. The van der Waals surface area contributed by atoms with Crippen LogP contribution in [0.2, 0.25) is 5.02 Å². The Morgan fingerprint density at radius 2 is 1.96 bits per heavy atom. The van der Waals surface area contributed by atoms with E-state index in [9.17, 15) is 5.11 Å². The summed E-state index contributed by atoms with van der Waals surface area (Å²) >= 11 is 7.71. The summed E-state index contributed by atoms with van der Waals surface area (Å²) < 4.78 is 0. The molecule has 0 saturated heterocycles. The van der Waals surface area contributed by atoms with Gasteiger partial charge in [0.2, 0.25) is 0 Å². The fourth-order valence-electron chi connectivity index (χ4n) is 2.86. The van der Waals surface area contributed by atoms with Crippen molar-refractivity contribution in [1.82, 2.24) is 4.90 Å². The number of nitrogens with zero attached hydrogens (tertiary/aromatic N) is 2. The van der Waals surface area contributed by atoms with E-state index >= 15 is 0 Å². The molecule has 1 unspecified atom stereocenters. The summed E-state index contributed by atoms with van der Waals surface area (Å²) in [6.45, 7) is 6.23. The maximum atomic E-state index is 10.4. The van der Waals surface area contributed by atoms with Crippen LogP contribution in [0.3, 0.4) is 0 Å². The Morgan fingerprint density at radius 3 is 2.54 bits per heavy atom. The second-order valence-electron chi connectivity index (χ2n) is 6.68. The fraction of sp³-hybridized carbons (Fsp3) is 0.316. The number of aryl methyl sites for hydroxylation is 1. The SMILES string of the molecule is Cc1cscc1C1N=CC=C(c2ccc(Cl)cc2)N1CC(C)(C)O. The Labute approximate surface area is 151 Å². The number of rotatable bonds is 4. The van der Waals surface area contributed by atoms with Crippen LogP contribution in [0, 0.1) is 6.92 Å². The first kappa shape index (κ1) is 17.2. The summed E-state index contributed by atoms with van der Waals surface area (Å²) in [4.78, 5) is 6.85. The van der Waals surface area contributed by atoms with Gasteiger partial charge in [-0.1, -0.05) is 23.7 Å². The second-order valence-corrected chi connectivity index (χ2v) is 7.86. The Balaban J connectivity index is 2.03. The quantitative estimate of drug-likeness (QED) is 0.841. The lowest BCUT2D eigenvalue weighted by molar-refractivity contribution is 0.0431. The number of aliphatic hydroxyl groups is 1. The molecule has 1 atom stereocenters. The molecule has 1 aliphatic rings. The Morgan fingerprint density at radius 1 is 1.25 bits per heavy atom. The number of hydrogen-bond donors (Lipinski definition) is 1. The van der Waals surface area contributed by atoms with Crippen LogP contribution in [-0.4, -0.2) is 28.4 Å². The van der Waals surface area contributed by atoms with Crippen molar-refractivity contribution in [2.45, 2.75) is 32.5 Å². The molecule has 5 heteroatoms. The Hall–Kier alpha value is -1.62. The van der Waals surface area contributed by atoms with Crippen molar-refractivity contribution in [1.29, 1.82) is 0 Å². The largest absolute Gasteiger partial charge is 0.389 e. The molecule has 0 saturated carbocycles. The van der Waals surface area contributed by atoms with Crippen molar-refractivity contribution in [3.05, 3.63) is 62.8 Å². The van der Waals surface area contributed by atoms with Gasteiger partial charge in [0, 0.05) is 29.0 Å². The number of aliphatic imine (C=N–C) groups is 1. The van der Waals surface area contributed by atoms with Crippen molar-refractivity contribution in [2.75, 3.05) is 6.54 Å². The lowest BCUT2D eigenvalue weighted by atomic mass is 10.0. The lowest BCUT2D eigenvalue weighted by Gasteiger charge is -2.39. The van der Waals surface area contributed by atoms with E-state index in [0.717, 1.165) is 11.3 Å². The highest BCUT2D eigenvalue weighted by Gasteiger charge is 2.30. The predicted molar refractivity (Wildman–Crippen MR) is 103 cm³/mol. The van der Waals surface area contributed by atoms with Crippen LogP contribution in [0.4, 0.5) is 0 Å². The number of halogens is 1. The van der Waals surface area contributed by atoms with E-state index in [1.807, 2.05) is 50.4 Å². The van der Waals surface area contributed by atoms with E-state index in [0.29, 0.717) is 11.6 Å². The molecule has 24 heavy (non-hydrogen) atoms. The molecule has 3 rings (SSSR count). The van der Waals surface area contributed by atoms with E-state index in [-0.39, 0.29) is 6.17 Å². The van der Waals surface area contributed by atoms with Crippen LogP contribution in [0.5, 0.6) is 0 Å². The molecule has 0 aliphatic carbocycles. The molecule has 3 nitrogen and oxygen atoms in total. The van der Waals surface area contributed by atoms with Gasteiger partial charge in [0.1, 0.15) is 6.17 Å². The van der Waals surface area contributed by atoms with Crippen LogP contribution >= 0.6 is 22.9 Å². The maximum absolute atomic E-state index is 10.4. The third-order valence-corrected chi connectivity index (χ3v) is 5.07. The number of thiophene rings is 1. The van der Waals surface area contributed by atoms with Gasteiger partial charge in [-0.25, -0.2) is 0 Å². The van der Waals surface area contributed by atoms with Crippen LogP contribution in [0.25, 0.3) is 5.70 Å². The summed E-state index contributed by atoms with van der Waals surface area (Å²) in [5, 5.41) is 15.4. The Kier molecular flexibility index (Phi) is 4.81. The molecule has 2 heterocycles. The minimum atomic E-state index is -0.833. The number of hydrogen-bond acceptors (Lipinski definition) is 4. The van der Waals surface area contributed by atoms with Crippen LogP contribution in [0.15, 0.2) is 46.1 Å². The highest BCUT2D eigenvalue weighted by molar-refractivity contribution is 7.08. The van der Waals surface area contributed by atoms with Gasteiger partial charge in [-0.2, -0.15) is 11.3 Å². The average molecular weight is 361 g/mol. The molecule has 1 aliphatic heterocycles. The summed E-state index contributed by atoms with van der Waals surface area (Å²) in [6, 6.07) is 7.78. The summed E-state index contributed by atoms with van der Waals surface area (Å²) in [7, 11) is 0. The van der Waals surface area contributed by atoms with Crippen molar-refractivity contribution in [2.24, 2.45) is 4.99 Å². The fourth-order valence-corrected chi connectivity index (χ4v) is 3.85. The first-order chi connectivity index (χ1) is 11.3. The van der Waals surface area contributed by atoms with Gasteiger partial charge in [0.15, 0.2) is 0 Å². The van der Waals surface area contributed by atoms with Crippen LogP contribution in [0.1, 0.15) is 36.7 Å². The van der Waals surface area contributed by atoms with Gasteiger partial charge in [-0.3, -0.25) is 4.99 Å². The van der Waals surface area contributed by atoms with Crippen LogP contribution in [-0.2, 0) is 0 Å². The molecule has 0 radical (unpaired) electrons. The first-order valence-corrected chi connectivity index (χ1v) is 9.18. The smallest absolute Gasteiger partial charge is 0.148 e. The summed E-state index contributed by atoms with van der Waals surface area (Å²) in [5.74, 6) is 0. The van der Waals surface area contributed by atoms with Gasteiger partial charge in [0.05, 0.1) is 5.60 Å². The third-order valence-electron chi connectivity index (χ3n) is 3.93. The van der Waals surface area contributed by atoms with Gasteiger partial charge in [-0.05, 0) is 60.9 Å². The molecule has 0 fully saturated rings. The molecule has 2 aromatic rings. The normalized spacial score (nSPS) is 18.0. The molecule has 126 valence electrons.